The Balaban J connectivity index is 1.98. The van der Waals surface area contributed by atoms with E-state index in [2.05, 4.69) is 27.1 Å². The summed E-state index contributed by atoms with van der Waals surface area (Å²) in [5, 5.41) is 11.6. The minimum absolute atomic E-state index is 0.108. The molecule has 22 heavy (non-hydrogen) atoms. The van der Waals surface area contributed by atoms with Gasteiger partial charge >= 0.3 is 0 Å². The zero-order valence-electron chi connectivity index (χ0n) is 12.6. The van der Waals surface area contributed by atoms with E-state index in [1.165, 1.54) is 0 Å². The number of H-pyrrole nitrogens is 1. The first-order valence-electron chi connectivity index (χ1n) is 7.16. The Labute approximate surface area is 129 Å². The smallest absolute Gasteiger partial charge is 0.213 e. The molecule has 3 rings (SSSR count). The SMILES string of the molecule is C=CNc1ccc2[nH]nc(-c3ccc(OC(C)C)nc3)c2c1. The van der Waals surface area contributed by atoms with Crippen molar-refractivity contribution >= 4 is 16.6 Å². The number of nitrogens with zero attached hydrogens (tertiary/aromatic N) is 2. The van der Waals surface area contributed by atoms with Gasteiger partial charge in [-0.2, -0.15) is 5.10 Å². The summed E-state index contributed by atoms with van der Waals surface area (Å²) in [6, 6.07) is 9.83. The zero-order chi connectivity index (χ0) is 15.5. The van der Waals surface area contributed by atoms with Crippen LogP contribution in [0.25, 0.3) is 22.2 Å². The molecule has 0 saturated heterocycles. The Hall–Kier alpha value is -2.82. The number of nitrogens with one attached hydrogen (secondary N) is 2. The average molecular weight is 294 g/mol. The fraction of sp³-hybridized carbons (Fsp3) is 0.176. The van der Waals surface area contributed by atoms with Gasteiger partial charge in [0.1, 0.15) is 5.69 Å². The Morgan fingerprint density at radius 1 is 1.27 bits per heavy atom. The highest BCUT2D eigenvalue weighted by Crippen LogP contribution is 2.28. The summed E-state index contributed by atoms with van der Waals surface area (Å²) in [5.74, 6) is 0.618. The number of ether oxygens (including phenoxy) is 1. The van der Waals surface area contributed by atoms with Crippen LogP contribution in [0.2, 0.25) is 0 Å². The molecule has 0 amide bonds. The fourth-order valence-electron chi connectivity index (χ4n) is 2.27. The predicted molar refractivity (Wildman–Crippen MR) is 88.9 cm³/mol. The Bertz CT molecular complexity index is 790. The Morgan fingerprint density at radius 2 is 2.14 bits per heavy atom. The normalized spacial score (nSPS) is 10.9. The van der Waals surface area contributed by atoms with Gasteiger partial charge in [0.2, 0.25) is 5.88 Å². The van der Waals surface area contributed by atoms with Crippen molar-refractivity contribution in [3.05, 3.63) is 49.3 Å². The molecule has 0 saturated carbocycles. The van der Waals surface area contributed by atoms with E-state index in [4.69, 9.17) is 4.74 Å². The Kier molecular flexibility index (Phi) is 3.78. The van der Waals surface area contributed by atoms with Crippen molar-refractivity contribution < 1.29 is 4.74 Å². The van der Waals surface area contributed by atoms with Crippen LogP contribution in [0.5, 0.6) is 5.88 Å². The number of pyridine rings is 1. The van der Waals surface area contributed by atoms with Crippen LogP contribution < -0.4 is 10.1 Å². The molecule has 0 atom stereocenters. The van der Waals surface area contributed by atoms with Gasteiger partial charge in [0.05, 0.1) is 11.6 Å². The van der Waals surface area contributed by atoms with Gasteiger partial charge < -0.3 is 10.1 Å². The number of anilines is 1. The maximum absolute atomic E-state index is 5.56. The lowest BCUT2D eigenvalue weighted by molar-refractivity contribution is 0.232. The topological polar surface area (TPSA) is 62.8 Å². The van der Waals surface area contributed by atoms with Gasteiger partial charge in [-0.25, -0.2) is 4.98 Å². The van der Waals surface area contributed by atoms with E-state index in [0.29, 0.717) is 5.88 Å². The van der Waals surface area contributed by atoms with Crippen molar-refractivity contribution in [3.63, 3.8) is 0 Å². The van der Waals surface area contributed by atoms with E-state index >= 15 is 0 Å². The first-order chi connectivity index (χ1) is 10.7. The molecule has 5 heteroatoms. The lowest BCUT2D eigenvalue weighted by Gasteiger charge is -2.08. The van der Waals surface area contributed by atoms with Gasteiger partial charge in [0.15, 0.2) is 0 Å². The molecule has 0 aliphatic heterocycles. The summed E-state index contributed by atoms with van der Waals surface area (Å²) >= 11 is 0. The number of hydrogen-bond acceptors (Lipinski definition) is 4. The van der Waals surface area contributed by atoms with Crippen molar-refractivity contribution in [2.75, 3.05) is 5.32 Å². The van der Waals surface area contributed by atoms with E-state index in [0.717, 1.165) is 27.8 Å². The predicted octanol–water partition coefficient (Wildman–Crippen LogP) is 3.97. The molecule has 112 valence electrons. The van der Waals surface area contributed by atoms with Gasteiger partial charge in [-0.05, 0) is 44.3 Å². The summed E-state index contributed by atoms with van der Waals surface area (Å²) < 4.78 is 5.56. The first kappa shape index (κ1) is 14.1. The van der Waals surface area contributed by atoms with Gasteiger partial charge in [-0.15, -0.1) is 0 Å². The fourth-order valence-corrected chi connectivity index (χ4v) is 2.27. The highest BCUT2D eigenvalue weighted by atomic mass is 16.5. The molecule has 0 fully saturated rings. The Morgan fingerprint density at radius 3 is 2.82 bits per heavy atom. The van der Waals surface area contributed by atoms with Gasteiger partial charge in [0, 0.05) is 28.9 Å². The van der Waals surface area contributed by atoms with Gasteiger partial charge in [-0.3, -0.25) is 5.10 Å². The van der Waals surface area contributed by atoms with Crippen LogP contribution in [0.4, 0.5) is 5.69 Å². The van der Waals surface area contributed by atoms with Crippen LogP contribution in [0.1, 0.15) is 13.8 Å². The molecule has 5 nitrogen and oxygen atoms in total. The summed E-state index contributed by atoms with van der Waals surface area (Å²) in [7, 11) is 0. The molecule has 2 aromatic heterocycles. The van der Waals surface area contributed by atoms with Crippen molar-refractivity contribution in [2.45, 2.75) is 20.0 Å². The molecule has 0 radical (unpaired) electrons. The van der Waals surface area contributed by atoms with E-state index in [9.17, 15) is 0 Å². The highest BCUT2D eigenvalue weighted by molar-refractivity contribution is 5.94. The molecule has 3 aromatic rings. The second kappa shape index (κ2) is 5.89. The third-order valence-corrected chi connectivity index (χ3v) is 3.20. The highest BCUT2D eigenvalue weighted by Gasteiger charge is 2.10. The zero-order valence-corrected chi connectivity index (χ0v) is 12.6. The molecule has 0 bridgehead atoms. The molecular formula is C17H18N4O. The van der Waals surface area contributed by atoms with E-state index in [1.54, 1.807) is 12.4 Å². The number of fused-ring (bicyclic) bond motifs is 1. The maximum Gasteiger partial charge on any atom is 0.213 e. The molecule has 0 spiro atoms. The van der Waals surface area contributed by atoms with Gasteiger partial charge in [-0.1, -0.05) is 6.58 Å². The summed E-state index contributed by atoms with van der Waals surface area (Å²) in [6.07, 6.45) is 3.54. The third kappa shape index (κ3) is 2.79. The number of benzene rings is 1. The number of rotatable bonds is 5. The number of hydrogen-bond donors (Lipinski definition) is 2. The number of aromatic amines is 1. The van der Waals surface area contributed by atoms with Crippen LogP contribution in [-0.4, -0.2) is 21.3 Å². The second-order valence-corrected chi connectivity index (χ2v) is 5.23. The van der Waals surface area contributed by atoms with Crippen LogP contribution in [-0.2, 0) is 0 Å². The van der Waals surface area contributed by atoms with Crippen molar-refractivity contribution in [1.29, 1.82) is 0 Å². The summed E-state index contributed by atoms with van der Waals surface area (Å²) in [6.45, 7) is 7.63. The van der Waals surface area contributed by atoms with Crippen LogP contribution in [0.15, 0.2) is 49.3 Å². The monoisotopic (exact) mass is 294 g/mol. The average Bonchev–Trinajstić information content (AvgIpc) is 2.91. The lowest BCUT2D eigenvalue weighted by Crippen LogP contribution is -2.06. The first-order valence-corrected chi connectivity index (χ1v) is 7.16. The maximum atomic E-state index is 5.56. The van der Waals surface area contributed by atoms with Gasteiger partial charge in [0.25, 0.3) is 0 Å². The van der Waals surface area contributed by atoms with Crippen LogP contribution >= 0.6 is 0 Å². The quantitative estimate of drug-likeness (QED) is 0.747. The number of aromatic nitrogens is 3. The van der Waals surface area contributed by atoms with Crippen LogP contribution in [0.3, 0.4) is 0 Å². The van der Waals surface area contributed by atoms with E-state index in [1.807, 2.05) is 44.2 Å². The van der Waals surface area contributed by atoms with Crippen molar-refractivity contribution in [3.8, 4) is 17.1 Å². The van der Waals surface area contributed by atoms with Crippen molar-refractivity contribution in [2.24, 2.45) is 0 Å². The molecule has 2 heterocycles. The van der Waals surface area contributed by atoms with E-state index < -0.39 is 0 Å². The molecule has 1 aromatic carbocycles. The molecule has 0 aliphatic rings. The minimum atomic E-state index is 0.108. The molecule has 2 N–H and O–H groups in total. The largest absolute Gasteiger partial charge is 0.475 e. The second-order valence-electron chi connectivity index (χ2n) is 5.23. The summed E-state index contributed by atoms with van der Waals surface area (Å²) in [4.78, 5) is 4.33. The lowest BCUT2D eigenvalue weighted by atomic mass is 10.1. The third-order valence-electron chi connectivity index (χ3n) is 3.20. The van der Waals surface area contributed by atoms with Crippen LogP contribution in [0, 0.1) is 0 Å². The minimum Gasteiger partial charge on any atom is -0.475 e. The molecular weight excluding hydrogens is 276 g/mol. The van der Waals surface area contributed by atoms with Crippen molar-refractivity contribution in [1.82, 2.24) is 15.2 Å². The standard InChI is InChI=1S/C17H18N4O/c1-4-18-13-6-7-15-14(9-13)17(21-20-15)12-5-8-16(19-10-12)22-11(2)3/h4-11,18H,1H2,2-3H3,(H,20,21). The molecule has 0 aliphatic carbocycles. The van der Waals surface area contributed by atoms with E-state index in [-0.39, 0.29) is 6.10 Å². The molecule has 0 unspecified atom stereocenters. The summed E-state index contributed by atoms with van der Waals surface area (Å²) in [5.41, 5.74) is 3.76.